The maximum atomic E-state index is 12.7. The van der Waals surface area contributed by atoms with E-state index in [2.05, 4.69) is 0 Å². The third kappa shape index (κ3) is 2.35. The monoisotopic (exact) mass is 246 g/mol. The summed E-state index contributed by atoms with van der Waals surface area (Å²) in [5, 5.41) is 0. The lowest BCUT2D eigenvalue weighted by Crippen LogP contribution is -2.39. The zero-order valence-corrected chi connectivity index (χ0v) is 11.3. The molecule has 1 aromatic carbocycles. The third-order valence-electron chi connectivity index (χ3n) is 3.89. The lowest BCUT2D eigenvalue weighted by Gasteiger charge is -2.28. The molecule has 0 bridgehead atoms. The van der Waals surface area contributed by atoms with Gasteiger partial charge in [0.1, 0.15) is 0 Å². The van der Waals surface area contributed by atoms with E-state index in [-0.39, 0.29) is 5.91 Å². The van der Waals surface area contributed by atoms with E-state index in [0.717, 1.165) is 24.9 Å². The molecular weight excluding hydrogens is 224 g/mol. The first-order chi connectivity index (χ1) is 8.65. The summed E-state index contributed by atoms with van der Waals surface area (Å²) in [7, 11) is 0. The summed E-state index contributed by atoms with van der Waals surface area (Å²) in [5.41, 5.74) is 8.22. The first-order valence-electron chi connectivity index (χ1n) is 6.81. The van der Waals surface area contributed by atoms with Crippen LogP contribution >= 0.6 is 0 Å². The smallest absolute Gasteiger partial charge is 0.256 e. The summed E-state index contributed by atoms with van der Waals surface area (Å²) < 4.78 is 0. The lowest BCUT2D eigenvalue weighted by molar-refractivity contribution is 0.0694. The Labute approximate surface area is 109 Å². The molecule has 98 valence electrons. The average Bonchev–Trinajstić information content (AvgIpc) is 2.83. The largest absolute Gasteiger partial charge is 0.398 e. The zero-order chi connectivity index (χ0) is 13.1. The summed E-state index contributed by atoms with van der Waals surface area (Å²) in [5.74, 6) is 0.0972. The molecule has 1 aromatic rings. The molecule has 2 rings (SSSR count). The number of nitrogens with two attached hydrogens (primary N) is 1. The predicted molar refractivity (Wildman–Crippen MR) is 74.6 cm³/mol. The van der Waals surface area contributed by atoms with Gasteiger partial charge in [-0.2, -0.15) is 0 Å². The van der Waals surface area contributed by atoms with E-state index in [9.17, 15) is 4.79 Å². The highest BCUT2D eigenvalue weighted by atomic mass is 16.2. The number of anilines is 1. The SMILES string of the molecule is CCN(C(=O)c1c(C)cccc1N)C1CCCC1. The fourth-order valence-corrected chi connectivity index (χ4v) is 2.91. The molecule has 0 spiro atoms. The molecule has 1 aliphatic rings. The predicted octanol–water partition coefficient (Wildman–Crippen LogP) is 2.98. The van der Waals surface area contributed by atoms with Crippen LogP contribution in [-0.2, 0) is 0 Å². The Bertz CT molecular complexity index is 416. The second kappa shape index (κ2) is 5.42. The van der Waals surface area contributed by atoms with Crippen molar-refractivity contribution in [1.29, 1.82) is 0 Å². The van der Waals surface area contributed by atoms with E-state index in [4.69, 9.17) is 5.73 Å². The van der Waals surface area contributed by atoms with Crippen LogP contribution in [0.1, 0.15) is 48.5 Å². The number of amides is 1. The molecule has 0 heterocycles. The van der Waals surface area contributed by atoms with Gasteiger partial charge in [-0.05, 0) is 38.3 Å². The highest BCUT2D eigenvalue weighted by molar-refractivity contribution is 6.00. The summed E-state index contributed by atoms with van der Waals surface area (Å²) in [6.07, 6.45) is 4.73. The molecule has 1 saturated carbocycles. The Balaban J connectivity index is 2.28. The van der Waals surface area contributed by atoms with Crippen LogP contribution in [0.4, 0.5) is 5.69 Å². The first-order valence-corrected chi connectivity index (χ1v) is 6.81. The van der Waals surface area contributed by atoms with E-state index in [1.165, 1.54) is 12.8 Å². The lowest BCUT2D eigenvalue weighted by atomic mass is 10.0. The third-order valence-corrected chi connectivity index (χ3v) is 3.89. The number of hydrogen-bond donors (Lipinski definition) is 1. The minimum Gasteiger partial charge on any atom is -0.398 e. The number of carbonyl (C=O) groups is 1. The summed E-state index contributed by atoms with van der Waals surface area (Å²) in [6, 6.07) is 6.06. The van der Waals surface area contributed by atoms with Gasteiger partial charge in [-0.3, -0.25) is 4.79 Å². The van der Waals surface area contributed by atoms with Gasteiger partial charge in [0.2, 0.25) is 0 Å². The van der Waals surface area contributed by atoms with Crippen molar-refractivity contribution in [2.75, 3.05) is 12.3 Å². The van der Waals surface area contributed by atoms with E-state index >= 15 is 0 Å². The second-order valence-electron chi connectivity index (χ2n) is 5.07. The maximum Gasteiger partial charge on any atom is 0.256 e. The van der Waals surface area contributed by atoms with Crippen molar-refractivity contribution in [2.24, 2.45) is 0 Å². The second-order valence-corrected chi connectivity index (χ2v) is 5.07. The average molecular weight is 246 g/mol. The first kappa shape index (κ1) is 12.9. The van der Waals surface area contributed by atoms with E-state index in [0.29, 0.717) is 17.3 Å². The molecule has 0 aromatic heterocycles. The van der Waals surface area contributed by atoms with Crippen molar-refractivity contribution in [3.8, 4) is 0 Å². The highest BCUT2D eigenvalue weighted by Crippen LogP contribution is 2.27. The fourth-order valence-electron chi connectivity index (χ4n) is 2.91. The van der Waals surface area contributed by atoms with Crippen LogP contribution in [0.25, 0.3) is 0 Å². The van der Waals surface area contributed by atoms with Crippen LogP contribution in [0.2, 0.25) is 0 Å². The number of nitrogens with zero attached hydrogens (tertiary/aromatic N) is 1. The van der Waals surface area contributed by atoms with Gasteiger partial charge in [0.25, 0.3) is 5.91 Å². The Morgan fingerprint density at radius 3 is 2.61 bits per heavy atom. The van der Waals surface area contributed by atoms with Crippen molar-refractivity contribution in [2.45, 2.75) is 45.6 Å². The van der Waals surface area contributed by atoms with Crippen LogP contribution < -0.4 is 5.73 Å². The molecule has 0 atom stereocenters. The minimum atomic E-state index is 0.0972. The molecule has 0 radical (unpaired) electrons. The van der Waals surface area contributed by atoms with Crippen LogP contribution in [0.15, 0.2) is 18.2 Å². The Kier molecular flexibility index (Phi) is 3.90. The number of benzene rings is 1. The van der Waals surface area contributed by atoms with Crippen LogP contribution in [0, 0.1) is 6.92 Å². The van der Waals surface area contributed by atoms with Gasteiger partial charge < -0.3 is 10.6 Å². The van der Waals surface area contributed by atoms with Crippen molar-refractivity contribution in [1.82, 2.24) is 4.90 Å². The highest BCUT2D eigenvalue weighted by Gasteiger charge is 2.27. The molecule has 0 saturated heterocycles. The van der Waals surface area contributed by atoms with Gasteiger partial charge in [-0.1, -0.05) is 25.0 Å². The molecule has 0 unspecified atom stereocenters. The Morgan fingerprint density at radius 2 is 2.06 bits per heavy atom. The van der Waals surface area contributed by atoms with Crippen molar-refractivity contribution in [3.63, 3.8) is 0 Å². The van der Waals surface area contributed by atoms with Crippen LogP contribution in [-0.4, -0.2) is 23.4 Å². The zero-order valence-electron chi connectivity index (χ0n) is 11.3. The quantitative estimate of drug-likeness (QED) is 0.833. The number of aryl methyl sites for hydroxylation is 1. The molecule has 2 N–H and O–H groups in total. The Hall–Kier alpha value is -1.51. The van der Waals surface area contributed by atoms with Gasteiger partial charge in [0.15, 0.2) is 0 Å². The molecular formula is C15H22N2O. The molecule has 0 aliphatic heterocycles. The topological polar surface area (TPSA) is 46.3 Å². The standard InChI is InChI=1S/C15H22N2O/c1-3-17(12-8-4-5-9-12)15(18)14-11(2)7-6-10-13(14)16/h6-7,10,12H,3-5,8-9,16H2,1-2H3. The van der Waals surface area contributed by atoms with Crippen molar-refractivity contribution >= 4 is 11.6 Å². The fraction of sp³-hybridized carbons (Fsp3) is 0.533. The van der Waals surface area contributed by atoms with Crippen LogP contribution in [0.5, 0.6) is 0 Å². The number of carbonyl (C=O) groups excluding carboxylic acids is 1. The van der Waals surface area contributed by atoms with Crippen molar-refractivity contribution < 1.29 is 4.79 Å². The van der Waals surface area contributed by atoms with Gasteiger partial charge in [-0.25, -0.2) is 0 Å². The molecule has 3 heteroatoms. The van der Waals surface area contributed by atoms with Crippen molar-refractivity contribution in [3.05, 3.63) is 29.3 Å². The van der Waals surface area contributed by atoms with Gasteiger partial charge in [0, 0.05) is 18.3 Å². The summed E-state index contributed by atoms with van der Waals surface area (Å²) >= 11 is 0. The Morgan fingerprint density at radius 1 is 1.39 bits per heavy atom. The molecule has 1 aliphatic carbocycles. The maximum absolute atomic E-state index is 12.7. The number of nitrogen functional groups attached to an aromatic ring is 1. The molecule has 3 nitrogen and oxygen atoms in total. The molecule has 1 fully saturated rings. The van der Waals surface area contributed by atoms with E-state index < -0.39 is 0 Å². The van der Waals surface area contributed by atoms with E-state index in [1.54, 1.807) is 0 Å². The number of rotatable bonds is 3. The summed E-state index contributed by atoms with van der Waals surface area (Å²) in [4.78, 5) is 14.6. The van der Waals surface area contributed by atoms with Gasteiger partial charge >= 0.3 is 0 Å². The summed E-state index contributed by atoms with van der Waals surface area (Å²) in [6.45, 7) is 4.76. The van der Waals surface area contributed by atoms with E-state index in [1.807, 2.05) is 36.9 Å². The van der Waals surface area contributed by atoms with Gasteiger partial charge in [-0.15, -0.1) is 0 Å². The minimum absolute atomic E-state index is 0.0972. The van der Waals surface area contributed by atoms with Gasteiger partial charge in [0.05, 0.1) is 5.56 Å². The number of hydrogen-bond acceptors (Lipinski definition) is 2. The normalized spacial score (nSPS) is 15.9. The molecule has 1 amide bonds. The molecule has 18 heavy (non-hydrogen) atoms. The van der Waals surface area contributed by atoms with Crippen LogP contribution in [0.3, 0.4) is 0 Å².